The Morgan fingerprint density at radius 3 is 3.06 bits per heavy atom. The van der Waals surface area contributed by atoms with Crippen LogP contribution in [0.5, 0.6) is 0 Å². The summed E-state index contributed by atoms with van der Waals surface area (Å²) in [4.78, 5) is 4.31. The van der Waals surface area contributed by atoms with E-state index < -0.39 is 0 Å². The SMILES string of the molecule is CC(C)Cn1ncnc1CC(N)C1CCOC1. The highest BCUT2D eigenvalue weighted by atomic mass is 16.5. The van der Waals surface area contributed by atoms with Gasteiger partial charge in [-0.25, -0.2) is 9.67 Å². The molecule has 2 rings (SSSR count). The second kappa shape index (κ2) is 5.60. The maximum atomic E-state index is 6.21. The molecule has 1 fully saturated rings. The molecule has 5 nitrogen and oxygen atoms in total. The molecule has 0 bridgehead atoms. The lowest BCUT2D eigenvalue weighted by atomic mass is 9.97. The molecule has 0 amide bonds. The summed E-state index contributed by atoms with van der Waals surface area (Å²) < 4.78 is 7.34. The Hall–Kier alpha value is -0.940. The first-order valence-electron chi connectivity index (χ1n) is 6.37. The fourth-order valence-corrected chi connectivity index (χ4v) is 2.21. The Labute approximate surface area is 102 Å². The van der Waals surface area contributed by atoms with Crippen LogP contribution in [0.1, 0.15) is 26.1 Å². The van der Waals surface area contributed by atoms with E-state index in [1.54, 1.807) is 6.33 Å². The molecule has 5 heteroatoms. The predicted octanol–water partition coefficient (Wildman–Crippen LogP) is 0.840. The van der Waals surface area contributed by atoms with E-state index in [4.69, 9.17) is 10.5 Å². The van der Waals surface area contributed by atoms with Crippen molar-refractivity contribution in [1.29, 1.82) is 0 Å². The number of hydrogen-bond acceptors (Lipinski definition) is 4. The molecule has 0 radical (unpaired) electrons. The van der Waals surface area contributed by atoms with Gasteiger partial charge in [0.05, 0.1) is 6.61 Å². The van der Waals surface area contributed by atoms with Gasteiger partial charge >= 0.3 is 0 Å². The Balaban J connectivity index is 1.95. The molecule has 1 aromatic heterocycles. The molecule has 2 unspecified atom stereocenters. The van der Waals surface area contributed by atoms with Crippen LogP contribution >= 0.6 is 0 Å². The Kier molecular flexibility index (Phi) is 4.12. The van der Waals surface area contributed by atoms with Gasteiger partial charge in [-0.05, 0) is 18.3 Å². The summed E-state index contributed by atoms with van der Waals surface area (Å²) in [5.41, 5.74) is 6.21. The summed E-state index contributed by atoms with van der Waals surface area (Å²) in [5.74, 6) is 2.04. The van der Waals surface area contributed by atoms with Gasteiger partial charge in [-0.1, -0.05) is 13.8 Å². The minimum Gasteiger partial charge on any atom is -0.381 e. The first kappa shape index (κ1) is 12.5. The van der Waals surface area contributed by atoms with Crippen LogP contribution in [0.25, 0.3) is 0 Å². The molecule has 1 aromatic rings. The highest BCUT2D eigenvalue weighted by Crippen LogP contribution is 2.17. The quantitative estimate of drug-likeness (QED) is 0.825. The van der Waals surface area contributed by atoms with Crippen molar-refractivity contribution in [3.63, 3.8) is 0 Å². The van der Waals surface area contributed by atoms with Gasteiger partial charge in [-0.2, -0.15) is 5.10 Å². The topological polar surface area (TPSA) is 66.0 Å². The van der Waals surface area contributed by atoms with Gasteiger partial charge in [0.2, 0.25) is 0 Å². The number of aromatic nitrogens is 3. The predicted molar refractivity (Wildman–Crippen MR) is 65.5 cm³/mol. The zero-order chi connectivity index (χ0) is 12.3. The molecule has 96 valence electrons. The third-order valence-corrected chi connectivity index (χ3v) is 3.22. The molecule has 0 spiro atoms. The Bertz CT molecular complexity index is 344. The van der Waals surface area contributed by atoms with Crippen LogP contribution in [0.4, 0.5) is 0 Å². The van der Waals surface area contributed by atoms with Gasteiger partial charge in [0.15, 0.2) is 0 Å². The monoisotopic (exact) mass is 238 g/mol. The van der Waals surface area contributed by atoms with Crippen molar-refractivity contribution >= 4 is 0 Å². The van der Waals surface area contributed by atoms with Crippen molar-refractivity contribution < 1.29 is 4.74 Å². The highest BCUT2D eigenvalue weighted by molar-refractivity contribution is 4.92. The van der Waals surface area contributed by atoms with E-state index in [0.717, 1.165) is 38.4 Å². The molecule has 0 saturated carbocycles. The third-order valence-electron chi connectivity index (χ3n) is 3.22. The van der Waals surface area contributed by atoms with E-state index in [1.807, 2.05) is 4.68 Å². The van der Waals surface area contributed by atoms with Crippen LogP contribution in [0.3, 0.4) is 0 Å². The zero-order valence-electron chi connectivity index (χ0n) is 10.7. The second-order valence-electron chi connectivity index (χ2n) is 5.24. The van der Waals surface area contributed by atoms with Gasteiger partial charge < -0.3 is 10.5 Å². The smallest absolute Gasteiger partial charge is 0.138 e. The van der Waals surface area contributed by atoms with E-state index in [2.05, 4.69) is 23.9 Å². The number of rotatable bonds is 5. The zero-order valence-corrected chi connectivity index (χ0v) is 10.7. The van der Waals surface area contributed by atoms with E-state index in [0.29, 0.717) is 11.8 Å². The van der Waals surface area contributed by atoms with E-state index in [-0.39, 0.29) is 6.04 Å². The van der Waals surface area contributed by atoms with Crippen LogP contribution in [0, 0.1) is 11.8 Å². The van der Waals surface area contributed by atoms with Crippen molar-refractivity contribution in [2.75, 3.05) is 13.2 Å². The van der Waals surface area contributed by atoms with Crippen LogP contribution in [-0.4, -0.2) is 34.0 Å². The number of hydrogen-bond donors (Lipinski definition) is 1. The lowest BCUT2D eigenvalue weighted by Crippen LogP contribution is -2.33. The molecule has 2 N–H and O–H groups in total. The van der Waals surface area contributed by atoms with Gasteiger partial charge in [0.25, 0.3) is 0 Å². The average Bonchev–Trinajstić information content (AvgIpc) is 2.89. The minimum absolute atomic E-state index is 0.132. The van der Waals surface area contributed by atoms with Crippen molar-refractivity contribution in [3.05, 3.63) is 12.2 Å². The standard InChI is InChI=1S/C12H22N4O/c1-9(2)6-16-12(14-8-15-16)5-11(13)10-3-4-17-7-10/h8-11H,3-7,13H2,1-2H3. The Morgan fingerprint density at radius 2 is 2.41 bits per heavy atom. The average molecular weight is 238 g/mol. The molecule has 1 aliphatic rings. The second-order valence-corrected chi connectivity index (χ2v) is 5.24. The number of nitrogens with zero attached hydrogens (tertiary/aromatic N) is 3. The molecule has 1 saturated heterocycles. The van der Waals surface area contributed by atoms with Gasteiger partial charge in [0.1, 0.15) is 12.2 Å². The summed E-state index contributed by atoms with van der Waals surface area (Å²) >= 11 is 0. The first-order chi connectivity index (χ1) is 8.16. The highest BCUT2D eigenvalue weighted by Gasteiger charge is 2.24. The Morgan fingerprint density at radius 1 is 1.59 bits per heavy atom. The number of ether oxygens (including phenoxy) is 1. The summed E-state index contributed by atoms with van der Waals surface area (Å²) in [7, 11) is 0. The fraction of sp³-hybridized carbons (Fsp3) is 0.833. The van der Waals surface area contributed by atoms with Crippen molar-refractivity contribution in [2.24, 2.45) is 17.6 Å². The fourth-order valence-electron chi connectivity index (χ4n) is 2.21. The normalized spacial score (nSPS) is 22.2. The molecule has 0 aliphatic carbocycles. The lowest BCUT2D eigenvalue weighted by Gasteiger charge is -2.17. The van der Waals surface area contributed by atoms with Crippen molar-refractivity contribution in [1.82, 2.24) is 14.8 Å². The van der Waals surface area contributed by atoms with Crippen molar-refractivity contribution in [2.45, 2.75) is 39.3 Å². The van der Waals surface area contributed by atoms with E-state index in [1.165, 1.54) is 0 Å². The van der Waals surface area contributed by atoms with Crippen molar-refractivity contribution in [3.8, 4) is 0 Å². The van der Waals surface area contributed by atoms with Crippen LogP contribution in [0.15, 0.2) is 6.33 Å². The number of nitrogens with two attached hydrogens (primary N) is 1. The van der Waals surface area contributed by atoms with E-state index >= 15 is 0 Å². The molecule has 2 atom stereocenters. The molecule has 0 aromatic carbocycles. The van der Waals surface area contributed by atoms with Gasteiger partial charge in [-0.3, -0.25) is 0 Å². The maximum absolute atomic E-state index is 6.21. The first-order valence-corrected chi connectivity index (χ1v) is 6.37. The van der Waals surface area contributed by atoms with Crippen LogP contribution in [0.2, 0.25) is 0 Å². The van der Waals surface area contributed by atoms with Crippen LogP contribution < -0.4 is 5.73 Å². The van der Waals surface area contributed by atoms with Crippen LogP contribution in [-0.2, 0) is 17.7 Å². The third kappa shape index (κ3) is 3.26. The summed E-state index contributed by atoms with van der Waals surface area (Å²) in [6.07, 6.45) is 3.48. The summed E-state index contributed by atoms with van der Waals surface area (Å²) in [5, 5.41) is 4.25. The molecule has 1 aliphatic heterocycles. The molecular formula is C12H22N4O. The minimum atomic E-state index is 0.132. The van der Waals surface area contributed by atoms with Gasteiger partial charge in [0, 0.05) is 25.6 Å². The molecule has 17 heavy (non-hydrogen) atoms. The summed E-state index contributed by atoms with van der Waals surface area (Å²) in [6.45, 7) is 6.89. The largest absolute Gasteiger partial charge is 0.381 e. The molecular weight excluding hydrogens is 216 g/mol. The summed E-state index contributed by atoms with van der Waals surface area (Å²) in [6, 6.07) is 0.132. The van der Waals surface area contributed by atoms with E-state index in [9.17, 15) is 0 Å². The molecule has 2 heterocycles. The lowest BCUT2D eigenvalue weighted by molar-refractivity contribution is 0.180. The maximum Gasteiger partial charge on any atom is 0.138 e. The van der Waals surface area contributed by atoms with Gasteiger partial charge in [-0.15, -0.1) is 0 Å².